The summed E-state index contributed by atoms with van der Waals surface area (Å²) in [5, 5.41) is 23.6. The number of nitrogens with one attached hydrogen (secondary N) is 2. The van der Waals surface area contributed by atoms with Gasteiger partial charge < -0.3 is 15.7 Å². The fraction of sp³-hybridized carbons (Fsp3) is 0.450. The van der Waals surface area contributed by atoms with Crippen molar-refractivity contribution in [2.45, 2.75) is 52.4 Å². The Kier molecular flexibility index (Phi) is 9.55. The summed E-state index contributed by atoms with van der Waals surface area (Å²) in [6.07, 6.45) is 5.37. The number of unbranched alkanes of at least 4 members (excludes halogenated alkanes) is 2. The van der Waals surface area contributed by atoms with E-state index in [1.165, 1.54) is 6.20 Å². The number of carboxylic acid groups (broad SMARTS) is 1. The lowest BCUT2D eigenvalue weighted by Gasteiger charge is -2.14. The third-order valence-electron chi connectivity index (χ3n) is 4.06. The number of hydrogen-bond acceptors (Lipinski definition) is 4. The van der Waals surface area contributed by atoms with E-state index in [0.717, 1.165) is 42.5 Å². The molecule has 1 rings (SSSR count). The molecular formula is C20H27N3O3. The molecule has 1 aromatic carbocycles. The van der Waals surface area contributed by atoms with Crippen LogP contribution in [0.1, 0.15) is 50.7 Å². The normalized spacial score (nSPS) is 10.9. The molecular weight excluding hydrogens is 330 g/mol. The van der Waals surface area contributed by atoms with Gasteiger partial charge in [-0.05, 0) is 36.8 Å². The maximum atomic E-state index is 12.4. The number of rotatable bonds is 11. The van der Waals surface area contributed by atoms with E-state index in [-0.39, 0.29) is 12.0 Å². The number of hydrogen-bond donors (Lipinski definition) is 3. The van der Waals surface area contributed by atoms with Crippen LogP contribution in [0, 0.1) is 11.3 Å². The monoisotopic (exact) mass is 357 g/mol. The zero-order valence-corrected chi connectivity index (χ0v) is 15.5. The molecule has 6 heteroatoms. The maximum Gasteiger partial charge on any atom is 0.303 e. The Balaban J connectivity index is 2.62. The minimum absolute atomic E-state index is 0.0171. The van der Waals surface area contributed by atoms with E-state index in [2.05, 4.69) is 10.6 Å². The molecule has 1 amide bonds. The van der Waals surface area contributed by atoms with Crippen LogP contribution < -0.4 is 10.6 Å². The number of carbonyl (C=O) groups excluding carboxylic acids is 1. The first-order valence-electron chi connectivity index (χ1n) is 9.01. The predicted octanol–water partition coefficient (Wildman–Crippen LogP) is 3.39. The van der Waals surface area contributed by atoms with Crippen LogP contribution in [0.5, 0.6) is 0 Å². The van der Waals surface area contributed by atoms with Crippen molar-refractivity contribution in [3.05, 3.63) is 41.1 Å². The summed E-state index contributed by atoms with van der Waals surface area (Å²) in [6.45, 7) is 4.64. The van der Waals surface area contributed by atoms with Crippen LogP contribution in [-0.2, 0) is 22.4 Å². The third kappa shape index (κ3) is 6.98. The molecule has 0 radical (unpaired) electrons. The van der Waals surface area contributed by atoms with Crippen molar-refractivity contribution in [1.82, 2.24) is 5.32 Å². The van der Waals surface area contributed by atoms with Crippen molar-refractivity contribution >= 4 is 17.6 Å². The average molecular weight is 357 g/mol. The van der Waals surface area contributed by atoms with Crippen LogP contribution in [0.3, 0.4) is 0 Å². The van der Waals surface area contributed by atoms with Crippen LogP contribution in [0.4, 0.5) is 5.69 Å². The number of carbonyl (C=O) groups is 2. The largest absolute Gasteiger partial charge is 0.481 e. The summed E-state index contributed by atoms with van der Waals surface area (Å²) in [6, 6.07) is 7.84. The van der Waals surface area contributed by atoms with Crippen molar-refractivity contribution in [3.8, 4) is 6.07 Å². The highest BCUT2D eigenvalue weighted by Gasteiger charge is 2.13. The molecule has 0 saturated carbocycles. The molecule has 6 nitrogen and oxygen atoms in total. The number of nitrogens with zero attached hydrogens (tertiary/aromatic N) is 1. The van der Waals surface area contributed by atoms with E-state index >= 15 is 0 Å². The Hall–Kier alpha value is -2.81. The fourth-order valence-corrected chi connectivity index (χ4v) is 2.59. The molecule has 0 saturated heterocycles. The number of aliphatic carboxylic acids is 1. The molecule has 0 aliphatic heterocycles. The molecule has 0 aliphatic rings. The number of amides is 1. The Labute approximate surface area is 154 Å². The summed E-state index contributed by atoms with van der Waals surface area (Å²) >= 11 is 0. The minimum Gasteiger partial charge on any atom is -0.481 e. The first-order chi connectivity index (χ1) is 12.5. The van der Waals surface area contributed by atoms with Gasteiger partial charge in [0.05, 0.1) is 0 Å². The zero-order valence-electron chi connectivity index (χ0n) is 15.5. The summed E-state index contributed by atoms with van der Waals surface area (Å²) in [4.78, 5) is 22.8. The second-order valence-electron chi connectivity index (χ2n) is 5.94. The number of anilines is 1. The predicted molar refractivity (Wildman–Crippen MR) is 102 cm³/mol. The van der Waals surface area contributed by atoms with Crippen molar-refractivity contribution in [2.75, 3.05) is 11.9 Å². The van der Waals surface area contributed by atoms with Crippen LogP contribution in [0.25, 0.3) is 0 Å². The van der Waals surface area contributed by atoms with Gasteiger partial charge in [0, 0.05) is 24.9 Å². The van der Waals surface area contributed by atoms with E-state index in [4.69, 9.17) is 5.11 Å². The van der Waals surface area contributed by atoms with Gasteiger partial charge in [0.1, 0.15) is 11.6 Å². The lowest BCUT2D eigenvalue weighted by molar-refractivity contribution is -0.137. The lowest BCUT2D eigenvalue weighted by Crippen LogP contribution is -2.19. The molecule has 1 aromatic rings. The topological polar surface area (TPSA) is 102 Å². The van der Waals surface area contributed by atoms with Gasteiger partial charge in [0.2, 0.25) is 0 Å². The molecule has 140 valence electrons. The average Bonchev–Trinajstić information content (AvgIpc) is 2.63. The van der Waals surface area contributed by atoms with Crippen molar-refractivity contribution in [3.63, 3.8) is 0 Å². The van der Waals surface area contributed by atoms with Crippen molar-refractivity contribution in [1.29, 1.82) is 5.26 Å². The number of benzene rings is 1. The molecule has 0 fully saturated rings. The molecule has 0 bridgehead atoms. The number of carboxylic acids is 1. The Morgan fingerprint density at radius 1 is 1.15 bits per heavy atom. The maximum absolute atomic E-state index is 12.4. The molecule has 0 atom stereocenters. The Bertz CT molecular complexity index is 668. The van der Waals surface area contributed by atoms with Crippen LogP contribution in [0.15, 0.2) is 30.0 Å². The SMILES string of the molecule is CCc1cccc(CC)c1NC(=O)/C(C#N)=C\NCCCCCC(=O)O. The van der Waals surface area contributed by atoms with Gasteiger partial charge in [-0.2, -0.15) is 5.26 Å². The van der Waals surface area contributed by atoms with Gasteiger partial charge in [0.15, 0.2) is 0 Å². The van der Waals surface area contributed by atoms with E-state index in [9.17, 15) is 14.9 Å². The van der Waals surface area contributed by atoms with Gasteiger partial charge in [-0.3, -0.25) is 9.59 Å². The first kappa shape index (κ1) is 21.2. The number of para-hydroxylation sites is 1. The molecule has 26 heavy (non-hydrogen) atoms. The second kappa shape index (κ2) is 11.7. The highest BCUT2D eigenvalue weighted by atomic mass is 16.4. The first-order valence-corrected chi connectivity index (χ1v) is 9.01. The molecule has 0 aromatic heterocycles. The van der Waals surface area contributed by atoms with Crippen molar-refractivity contribution in [2.24, 2.45) is 0 Å². The smallest absolute Gasteiger partial charge is 0.303 e. The van der Waals surface area contributed by atoms with E-state index < -0.39 is 11.9 Å². The van der Waals surface area contributed by atoms with E-state index in [1.54, 1.807) is 0 Å². The summed E-state index contributed by atoms with van der Waals surface area (Å²) in [5.41, 5.74) is 2.89. The second-order valence-corrected chi connectivity index (χ2v) is 5.94. The lowest BCUT2D eigenvalue weighted by atomic mass is 10.0. The highest BCUT2D eigenvalue weighted by Crippen LogP contribution is 2.23. The summed E-state index contributed by atoms with van der Waals surface area (Å²) in [5.74, 6) is -1.22. The molecule has 3 N–H and O–H groups in total. The van der Waals surface area contributed by atoms with Crippen LogP contribution >= 0.6 is 0 Å². The third-order valence-corrected chi connectivity index (χ3v) is 4.06. The molecule has 0 unspecified atom stereocenters. The zero-order chi connectivity index (χ0) is 19.4. The standard InChI is InChI=1S/C20H27N3O3/c1-3-15-9-8-10-16(4-2)19(15)23-20(26)17(13-21)14-22-12-7-5-6-11-18(24)25/h8-10,14,22H,3-7,11-12H2,1-2H3,(H,23,26)(H,24,25)/b17-14-. The Morgan fingerprint density at radius 2 is 1.81 bits per heavy atom. The van der Waals surface area contributed by atoms with E-state index in [0.29, 0.717) is 13.0 Å². The minimum atomic E-state index is -0.792. The quantitative estimate of drug-likeness (QED) is 0.320. The molecule has 0 spiro atoms. The number of aryl methyl sites for hydroxylation is 2. The highest BCUT2D eigenvalue weighted by molar-refractivity contribution is 6.07. The summed E-state index contributed by atoms with van der Waals surface area (Å²) < 4.78 is 0. The van der Waals surface area contributed by atoms with Crippen LogP contribution in [-0.4, -0.2) is 23.5 Å². The van der Waals surface area contributed by atoms with Gasteiger partial charge in [-0.1, -0.05) is 38.5 Å². The molecule has 0 aliphatic carbocycles. The Morgan fingerprint density at radius 3 is 2.35 bits per heavy atom. The van der Waals surface area contributed by atoms with Gasteiger partial charge in [0.25, 0.3) is 5.91 Å². The number of nitriles is 1. The molecule has 0 heterocycles. The van der Waals surface area contributed by atoms with Gasteiger partial charge >= 0.3 is 5.97 Å². The van der Waals surface area contributed by atoms with E-state index in [1.807, 2.05) is 38.1 Å². The van der Waals surface area contributed by atoms with Gasteiger partial charge in [-0.25, -0.2) is 0 Å². The van der Waals surface area contributed by atoms with Gasteiger partial charge in [-0.15, -0.1) is 0 Å². The van der Waals surface area contributed by atoms with Crippen LogP contribution in [0.2, 0.25) is 0 Å². The van der Waals surface area contributed by atoms with Crippen molar-refractivity contribution < 1.29 is 14.7 Å². The fourth-order valence-electron chi connectivity index (χ4n) is 2.59. The summed E-state index contributed by atoms with van der Waals surface area (Å²) in [7, 11) is 0.